The number of rotatable bonds is 5. The summed E-state index contributed by atoms with van der Waals surface area (Å²) in [6.45, 7) is 3.58. The summed E-state index contributed by atoms with van der Waals surface area (Å²) in [7, 11) is 0. The van der Waals surface area contributed by atoms with Crippen LogP contribution in [0.3, 0.4) is 0 Å². The second kappa shape index (κ2) is 7.86. The second-order valence-corrected chi connectivity index (χ2v) is 8.07. The Kier molecular flexibility index (Phi) is 4.89. The Morgan fingerprint density at radius 3 is 2.74 bits per heavy atom. The van der Waals surface area contributed by atoms with Gasteiger partial charge in [-0.3, -0.25) is 0 Å². The van der Waals surface area contributed by atoms with E-state index in [4.69, 9.17) is 10.2 Å². The Bertz CT molecular complexity index is 1220. The maximum absolute atomic E-state index is 11.4. The van der Waals surface area contributed by atoms with Crippen molar-refractivity contribution in [2.75, 3.05) is 23.7 Å². The molecule has 158 valence electrons. The molecule has 0 radical (unpaired) electrons. The Labute approximate surface area is 179 Å². The standard InChI is InChI=1S/C23H24N6O2/c1-15(30)12-16-7-9-28(10-8-16)18-5-2-4-17(13-18)19-14-21-26-22(20-6-3-11-31-20)27-29(21)23(24)25-19/h2-6,11,13-14,16H,7-10,12H2,1H3,(H2,24,25). The van der Waals surface area contributed by atoms with E-state index in [9.17, 15) is 4.79 Å². The van der Waals surface area contributed by atoms with E-state index in [0.717, 1.165) is 42.9 Å². The van der Waals surface area contributed by atoms with Gasteiger partial charge in [-0.25, -0.2) is 9.97 Å². The SMILES string of the molecule is CC(=O)CC1CCN(c2cccc(-c3cc4nc(-c5ccco5)nn4c(N)n3)c2)CC1. The molecule has 1 aromatic carbocycles. The summed E-state index contributed by atoms with van der Waals surface area (Å²) < 4.78 is 6.91. The molecule has 8 nitrogen and oxygen atoms in total. The van der Waals surface area contributed by atoms with Crippen LogP contribution in [-0.4, -0.2) is 38.5 Å². The van der Waals surface area contributed by atoms with E-state index in [0.29, 0.717) is 29.6 Å². The molecule has 1 fully saturated rings. The van der Waals surface area contributed by atoms with E-state index in [2.05, 4.69) is 32.1 Å². The number of nitrogen functional groups attached to an aromatic ring is 1. The van der Waals surface area contributed by atoms with Gasteiger partial charge in [0.05, 0.1) is 12.0 Å². The van der Waals surface area contributed by atoms with Gasteiger partial charge in [0.2, 0.25) is 11.8 Å². The molecule has 31 heavy (non-hydrogen) atoms. The average molecular weight is 416 g/mol. The summed E-state index contributed by atoms with van der Waals surface area (Å²) in [5.41, 5.74) is 9.66. The highest BCUT2D eigenvalue weighted by atomic mass is 16.3. The number of piperidine rings is 1. The first-order chi connectivity index (χ1) is 15.1. The highest BCUT2D eigenvalue weighted by Crippen LogP contribution is 2.29. The maximum Gasteiger partial charge on any atom is 0.223 e. The number of furan rings is 1. The van der Waals surface area contributed by atoms with Gasteiger partial charge >= 0.3 is 0 Å². The predicted octanol–water partition coefficient (Wildman–Crippen LogP) is 3.83. The van der Waals surface area contributed by atoms with E-state index in [-0.39, 0.29) is 11.7 Å². The van der Waals surface area contributed by atoms with Gasteiger partial charge in [0.25, 0.3) is 0 Å². The van der Waals surface area contributed by atoms with Crippen LogP contribution in [0.25, 0.3) is 28.5 Å². The first kappa shape index (κ1) is 19.3. The molecule has 4 heterocycles. The van der Waals surface area contributed by atoms with E-state index in [1.807, 2.05) is 24.3 Å². The van der Waals surface area contributed by atoms with Crippen LogP contribution in [0.2, 0.25) is 0 Å². The van der Waals surface area contributed by atoms with E-state index in [1.165, 1.54) is 4.52 Å². The highest BCUT2D eigenvalue weighted by Gasteiger charge is 2.21. The van der Waals surface area contributed by atoms with E-state index in [1.54, 1.807) is 19.3 Å². The van der Waals surface area contributed by atoms with Crippen molar-refractivity contribution in [2.24, 2.45) is 5.92 Å². The van der Waals surface area contributed by atoms with Gasteiger partial charge in [0, 0.05) is 36.8 Å². The number of carbonyl (C=O) groups excluding carboxylic acids is 1. The molecule has 0 bridgehead atoms. The van der Waals surface area contributed by atoms with Crippen molar-refractivity contribution in [1.29, 1.82) is 0 Å². The summed E-state index contributed by atoms with van der Waals surface area (Å²) >= 11 is 0. The summed E-state index contributed by atoms with van der Waals surface area (Å²) in [5.74, 6) is 2.10. The minimum atomic E-state index is 0.272. The van der Waals surface area contributed by atoms with Crippen LogP contribution in [0, 0.1) is 5.92 Å². The van der Waals surface area contributed by atoms with Crippen LogP contribution < -0.4 is 10.6 Å². The largest absolute Gasteiger partial charge is 0.461 e. The van der Waals surface area contributed by atoms with Gasteiger partial charge in [0.15, 0.2) is 11.4 Å². The number of Topliss-reactive ketones (excluding diaryl/α,β-unsaturated/α-hetero) is 1. The zero-order valence-corrected chi connectivity index (χ0v) is 17.4. The molecular formula is C23H24N6O2. The molecule has 0 aliphatic carbocycles. The monoisotopic (exact) mass is 416 g/mol. The summed E-state index contributed by atoms with van der Waals surface area (Å²) in [6.07, 6.45) is 4.35. The van der Waals surface area contributed by atoms with Crippen LogP contribution in [0.4, 0.5) is 11.6 Å². The maximum atomic E-state index is 11.4. The van der Waals surface area contributed by atoms with E-state index >= 15 is 0 Å². The lowest BCUT2D eigenvalue weighted by atomic mass is 9.92. The third-order valence-electron chi connectivity index (χ3n) is 5.79. The van der Waals surface area contributed by atoms with Crippen molar-refractivity contribution in [3.63, 3.8) is 0 Å². The molecule has 0 atom stereocenters. The average Bonchev–Trinajstić information content (AvgIpc) is 3.44. The van der Waals surface area contributed by atoms with Crippen molar-refractivity contribution < 1.29 is 9.21 Å². The number of fused-ring (bicyclic) bond motifs is 1. The quantitative estimate of drug-likeness (QED) is 0.527. The van der Waals surface area contributed by atoms with Gasteiger partial charge in [-0.1, -0.05) is 12.1 Å². The molecular weight excluding hydrogens is 392 g/mol. The fraction of sp³-hybridized carbons (Fsp3) is 0.304. The first-order valence-electron chi connectivity index (χ1n) is 10.5. The fourth-order valence-electron chi connectivity index (χ4n) is 4.23. The summed E-state index contributed by atoms with van der Waals surface area (Å²) in [4.78, 5) is 22.9. The van der Waals surface area contributed by atoms with Crippen LogP contribution in [-0.2, 0) is 4.79 Å². The van der Waals surface area contributed by atoms with Gasteiger partial charge in [0.1, 0.15) is 5.78 Å². The number of hydrogen-bond acceptors (Lipinski definition) is 7. The number of benzene rings is 1. The summed E-state index contributed by atoms with van der Waals surface area (Å²) in [5, 5.41) is 4.40. The smallest absolute Gasteiger partial charge is 0.223 e. The molecule has 0 amide bonds. The molecule has 2 N–H and O–H groups in total. The van der Waals surface area contributed by atoms with Gasteiger partial charge in [-0.05, 0) is 49.9 Å². The van der Waals surface area contributed by atoms with Crippen molar-refractivity contribution in [3.8, 4) is 22.8 Å². The van der Waals surface area contributed by atoms with Crippen LogP contribution in [0.1, 0.15) is 26.2 Å². The zero-order chi connectivity index (χ0) is 21.4. The lowest BCUT2D eigenvalue weighted by Gasteiger charge is -2.33. The third kappa shape index (κ3) is 3.88. The number of ketones is 1. The first-order valence-corrected chi connectivity index (χ1v) is 10.5. The number of carbonyl (C=O) groups is 1. The Balaban J connectivity index is 1.41. The third-order valence-corrected chi connectivity index (χ3v) is 5.79. The number of nitrogens with zero attached hydrogens (tertiary/aromatic N) is 5. The topological polar surface area (TPSA) is 103 Å². The van der Waals surface area contributed by atoms with Gasteiger partial charge < -0.3 is 19.8 Å². The van der Waals surface area contributed by atoms with Crippen molar-refractivity contribution in [1.82, 2.24) is 19.6 Å². The van der Waals surface area contributed by atoms with Gasteiger partial charge in [-0.2, -0.15) is 4.52 Å². The molecule has 0 spiro atoms. The van der Waals surface area contributed by atoms with Crippen LogP contribution in [0.5, 0.6) is 0 Å². The normalized spacial score (nSPS) is 14.9. The molecule has 5 rings (SSSR count). The molecule has 8 heteroatoms. The Morgan fingerprint density at radius 1 is 1.16 bits per heavy atom. The predicted molar refractivity (Wildman–Crippen MR) is 119 cm³/mol. The molecule has 1 aliphatic heterocycles. The molecule has 3 aromatic heterocycles. The van der Waals surface area contributed by atoms with Crippen molar-refractivity contribution in [3.05, 3.63) is 48.7 Å². The van der Waals surface area contributed by atoms with Crippen molar-refractivity contribution >= 4 is 23.1 Å². The van der Waals surface area contributed by atoms with Crippen LogP contribution in [0.15, 0.2) is 53.1 Å². The van der Waals surface area contributed by atoms with E-state index < -0.39 is 0 Å². The van der Waals surface area contributed by atoms with Crippen LogP contribution >= 0.6 is 0 Å². The lowest BCUT2D eigenvalue weighted by Crippen LogP contribution is -2.34. The van der Waals surface area contributed by atoms with Crippen molar-refractivity contribution in [2.45, 2.75) is 26.2 Å². The fourth-order valence-corrected chi connectivity index (χ4v) is 4.23. The van der Waals surface area contributed by atoms with Gasteiger partial charge in [-0.15, -0.1) is 5.10 Å². The molecule has 4 aromatic rings. The zero-order valence-electron chi connectivity index (χ0n) is 17.4. The second-order valence-electron chi connectivity index (χ2n) is 8.07. The number of nitrogens with two attached hydrogens (primary N) is 1. The number of aromatic nitrogens is 4. The Morgan fingerprint density at radius 2 is 2.00 bits per heavy atom. The minimum Gasteiger partial charge on any atom is -0.461 e. The number of hydrogen-bond donors (Lipinski definition) is 1. The number of anilines is 2. The molecule has 1 saturated heterocycles. The minimum absolute atomic E-state index is 0.272. The molecule has 0 saturated carbocycles. The Hall–Kier alpha value is -3.68. The molecule has 0 unspecified atom stereocenters. The lowest BCUT2D eigenvalue weighted by molar-refractivity contribution is -0.118. The highest BCUT2D eigenvalue weighted by molar-refractivity contribution is 5.75. The summed E-state index contributed by atoms with van der Waals surface area (Å²) in [6, 6.07) is 13.8. The molecule has 1 aliphatic rings.